The first-order chi connectivity index (χ1) is 12.3. The van der Waals surface area contributed by atoms with Gasteiger partial charge >= 0.3 is 0 Å². The second-order valence-electron chi connectivity index (χ2n) is 7.64. The van der Waals surface area contributed by atoms with Crippen LogP contribution in [0.25, 0.3) is 10.9 Å². The lowest BCUT2D eigenvalue weighted by molar-refractivity contribution is 0.0956. The van der Waals surface area contributed by atoms with Gasteiger partial charge in [0, 0.05) is 24.7 Å². The van der Waals surface area contributed by atoms with Crippen molar-refractivity contribution in [2.45, 2.75) is 37.0 Å². The smallest absolute Gasteiger partial charge is 0.266 e. The van der Waals surface area contributed by atoms with E-state index >= 15 is 0 Å². The Morgan fingerprint density at radius 3 is 2.42 bits per heavy atom. The van der Waals surface area contributed by atoms with Crippen molar-refractivity contribution < 1.29 is 8.42 Å². The van der Waals surface area contributed by atoms with Crippen LogP contribution in [0.15, 0.2) is 27.9 Å². The van der Waals surface area contributed by atoms with Crippen LogP contribution in [0.4, 0.5) is 5.69 Å². The van der Waals surface area contributed by atoms with Crippen molar-refractivity contribution in [1.82, 2.24) is 4.98 Å². The predicted molar refractivity (Wildman–Crippen MR) is 103 cm³/mol. The molecule has 2 heterocycles. The highest BCUT2D eigenvalue weighted by molar-refractivity contribution is 7.90. The molecule has 5 nitrogen and oxygen atoms in total. The molecule has 1 saturated heterocycles. The molecule has 1 aliphatic heterocycles. The molecule has 1 saturated carbocycles. The molecule has 1 aromatic carbocycles. The monoisotopic (exact) mass is 370 g/mol. The highest BCUT2D eigenvalue weighted by Crippen LogP contribution is 2.49. The highest BCUT2D eigenvalue weighted by atomic mass is 32.2. The van der Waals surface area contributed by atoms with E-state index in [9.17, 15) is 13.2 Å². The molecule has 0 atom stereocenters. The molecule has 1 aliphatic carbocycles. The van der Waals surface area contributed by atoms with Gasteiger partial charge in [-0.15, -0.1) is 6.42 Å². The van der Waals surface area contributed by atoms with E-state index in [2.05, 4.69) is 15.8 Å². The molecule has 4 rings (SSSR count). The molecule has 0 amide bonds. The number of rotatable bonds is 2. The van der Waals surface area contributed by atoms with Crippen molar-refractivity contribution >= 4 is 26.4 Å². The number of aromatic amines is 1. The first-order valence-corrected chi connectivity index (χ1v) is 10.8. The van der Waals surface area contributed by atoms with Crippen LogP contribution in [0.5, 0.6) is 0 Å². The van der Waals surface area contributed by atoms with Gasteiger partial charge in [-0.2, -0.15) is 0 Å². The van der Waals surface area contributed by atoms with Gasteiger partial charge in [0.1, 0.15) is 5.56 Å². The largest absolute Gasteiger partial charge is 0.370 e. The molecule has 1 N–H and O–H groups in total. The number of sulfone groups is 1. The summed E-state index contributed by atoms with van der Waals surface area (Å²) < 4.78 is 24.0. The van der Waals surface area contributed by atoms with Gasteiger partial charge in [-0.25, -0.2) is 8.42 Å². The molecule has 2 aromatic rings. The Morgan fingerprint density at radius 1 is 1.19 bits per heavy atom. The van der Waals surface area contributed by atoms with E-state index in [1.165, 1.54) is 31.6 Å². The van der Waals surface area contributed by atoms with E-state index in [-0.39, 0.29) is 16.0 Å². The second-order valence-corrected chi connectivity index (χ2v) is 9.66. The minimum absolute atomic E-state index is 0.230. The molecule has 26 heavy (non-hydrogen) atoms. The standard InChI is InChI=1S/C20H22N2O3S/c1-3-15-18(22-11-9-20(10-12-22)7-4-8-20)16-13-14(26(2,24)25)5-6-17(16)21-19(15)23/h1,5-6,13H,4,7-12H2,2H3,(H,21,23). The van der Waals surface area contributed by atoms with E-state index in [1.807, 2.05) is 0 Å². The van der Waals surface area contributed by atoms with Crippen LogP contribution in [0, 0.1) is 17.8 Å². The molecular formula is C20H22N2O3S. The Balaban J connectivity index is 1.88. The van der Waals surface area contributed by atoms with Crippen LogP contribution in [0.2, 0.25) is 0 Å². The number of piperidine rings is 1. The van der Waals surface area contributed by atoms with E-state index in [0.29, 0.717) is 22.0 Å². The van der Waals surface area contributed by atoms with Crippen LogP contribution in [-0.4, -0.2) is 32.7 Å². The van der Waals surface area contributed by atoms with Gasteiger partial charge in [0.05, 0.1) is 16.1 Å². The number of terminal acetylenes is 1. The van der Waals surface area contributed by atoms with E-state index < -0.39 is 9.84 Å². The zero-order valence-corrected chi connectivity index (χ0v) is 15.7. The second kappa shape index (κ2) is 5.88. The molecule has 2 aliphatic rings. The number of H-pyrrole nitrogens is 1. The van der Waals surface area contributed by atoms with Gasteiger partial charge in [0.15, 0.2) is 9.84 Å². The predicted octanol–water partition coefficient (Wildman–Crippen LogP) is 2.68. The van der Waals surface area contributed by atoms with Gasteiger partial charge < -0.3 is 9.88 Å². The fourth-order valence-electron chi connectivity index (χ4n) is 4.33. The number of nitrogens with zero attached hydrogens (tertiary/aromatic N) is 1. The number of anilines is 1. The van der Waals surface area contributed by atoms with Crippen LogP contribution in [0.1, 0.15) is 37.7 Å². The van der Waals surface area contributed by atoms with Crippen molar-refractivity contribution in [3.8, 4) is 12.3 Å². The topological polar surface area (TPSA) is 70.2 Å². The van der Waals surface area contributed by atoms with Crippen molar-refractivity contribution in [3.05, 3.63) is 34.1 Å². The first kappa shape index (κ1) is 17.2. The lowest BCUT2D eigenvalue weighted by Crippen LogP contribution is -2.44. The number of aromatic nitrogens is 1. The van der Waals surface area contributed by atoms with E-state index in [1.54, 1.807) is 12.1 Å². The Bertz CT molecular complexity index is 1080. The number of fused-ring (bicyclic) bond motifs is 1. The maximum absolute atomic E-state index is 12.5. The van der Waals surface area contributed by atoms with E-state index in [0.717, 1.165) is 25.9 Å². The number of pyridine rings is 1. The fourth-order valence-corrected chi connectivity index (χ4v) is 4.98. The number of hydrogen-bond donors (Lipinski definition) is 1. The van der Waals surface area contributed by atoms with Gasteiger partial charge in [0.25, 0.3) is 5.56 Å². The normalized spacial score (nSPS) is 19.3. The Hall–Kier alpha value is -2.26. The summed E-state index contributed by atoms with van der Waals surface area (Å²) in [6.07, 6.45) is 12.9. The van der Waals surface area contributed by atoms with Crippen molar-refractivity contribution in [3.63, 3.8) is 0 Å². The Kier molecular flexibility index (Phi) is 3.89. The lowest BCUT2D eigenvalue weighted by atomic mass is 9.63. The van der Waals surface area contributed by atoms with Gasteiger partial charge in [0.2, 0.25) is 0 Å². The van der Waals surface area contributed by atoms with Crippen molar-refractivity contribution in [1.29, 1.82) is 0 Å². The molecule has 136 valence electrons. The number of hydrogen-bond acceptors (Lipinski definition) is 4. The first-order valence-electron chi connectivity index (χ1n) is 8.95. The maximum atomic E-state index is 12.5. The van der Waals surface area contributed by atoms with Crippen LogP contribution >= 0.6 is 0 Å². The average molecular weight is 370 g/mol. The lowest BCUT2D eigenvalue weighted by Gasteiger charge is -2.48. The third-order valence-electron chi connectivity index (χ3n) is 6.09. The van der Waals surface area contributed by atoms with Crippen molar-refractivity contribution in [2.24, 2.45) is 5.41 Å². The summed E-state index contributed by atoms with van der Waals surface area (Å²) in [5, 5.41) is 0.699. The third kappa shape index (κ3) is 2.71. The van der Waals surface area contributed by atoms with Crippen LogP contribution in [0.3, 0.4) is 0 Å². The number of benzene rings is 1. The third-order valence-corrected chi connectivity index (χ3v) is 7.20. The molecule has 0 radical (unpaired) electrons. The van der Waals surface area contributed by atoms with Crippen LogP contribution < -0.4 is 10.5 Å². The van der Waals surface area contributed by atoms with Gasteiger partial charge in [-0.3, -0.25) is 4.79 Å². The molecular weight excluding hydrogens is 348 g/mol. The summed E-state index contributed by atoms with van der Waals surface area (Å²) in [5.74, 6) is 2.53. The minimum atomic E-state index is -3.35. The maximum Gasteiger partial charge on any atom is 0.266 e. The molecule has 0 bridgehead atoms. The van der Waals surface area contributed by atoms with Gasteiger partial charge in [-0.05, 0) is 49.3 Å². The Labute approximate surface area is 153 Å². The minimum Gasteiger partial charge on any atom is -0.370 e. The molecule has 1 aromatic heterocycles. The SMILES string of the molecule is C#Cc1c(N2CCC3(CCC3)CC2)c2cc(S(C)(=O)=O)ccc2[nH]c1=O. The molecule has 0 unspecified atom stereocenters. The Morgan fingerprint density at radius 2 is 1.88 bits per heavy atom. The summed E-state index contributed by atoms with van der Waals surface area (Å²) >= 11 is 0. The summed E-state index contributed by atoms with van der Waals surface area (Å²) in [4.78, 5) is 17.6. The quantitative estimate of drug-likeness (QED) is 0.825. The molecule has 1 spiro atoms. The zero-order valence-electron chi connectivity index (χ0n) is 14.8. The fraction of sp³-hybridized carbons (Fsp3) is 0.450. The zero-order chi connectivity index (χ0) is 18.5. The highest BCUT2D eigenvalue weighted by Gasteiger charge is 2.40. The summed E-state index contributed by atoms with van der Waals surface area (Å²) in [6, 6.07) is 4.80. The van der Waals surface area contributed by atoms with Crippen LogP contribution in [-0.2, 0) is 9.84 Å². The van der Waals surface area contributed by atoms with Crippen molar-refractivity contribution in [2.75, 3.05) is 24.2 Å². The summed E-state index contributed by atoms with van der Waals surface area (Å²) in [6.45, 7) is 1.69. The summed E-state index contributed by atoms with van der Waals surface area (Å²) in [7, 11) is -3.35. The summed E-state index contributed by atoms with van der Waals surface area (Å²) in [5.41, 5.74) is 1.77. The average Bonchev–Trinajstić information content (AvgIpc) is 2.58. The molecule has 6 heteroatoms. The number of nitrogens with one attached hydrogen (secondary N) is 1. The molecule has 2 fully saturated rings. The van der Waals surface area contributed by atoms with E-state index in [4.69, 9.17) is 6.42 Å². The van der Waals surface area contributed by atoms with Gasteiger partial charge in [-0.1, -0.05) is 12.3 Å².